The SMILES string of the molecule is CC(C)(C)S(N)(=O)=O.N.N. The molecule has 0 aliphatic heterocycles. The molecule has 0 aromatic rings. The summed E-state index contributed by atoms with van der Waals surface area (Å²) in [6.07, 6.45) is 0. The fraction of sp³-hybridized carbons (Fsp3) is 1.00. The highest BCUT2D eigenvalue weighted by Crippen LogP contribution is 2.09. The summed E-state index contributed by atoms with van der Waals surface area (Å²) in [7, 11) is -3.34. The molecule has 0 spiro atoms. The Morgan fingerprint density at radius 3 is 1.20 bits per heavy atom. The number of rotatable bonds is 0. The molecule has 0 aliphatic carbocycles. The molecular weight excluding hydrogens is 154 g/mol. The quantitative estimate of drug-likeness (QED) is 0.486. The first-order valence-electron chi connectivity index (χ1n) is 2.27. The molecule has 0 heterocycles. The summed E-state index contributed by atoms with van der Waals surface area (Å²) in [4.78, 5) is 0. The van der Waals surface area contributed by atoms with Gasteiger partial charge in [-0.3, -0.25) is 0 Å². The second-order valence-electron chi connectivity index (χ2n) is 2.66. The Balaban J connectivity index is -0.000000245. The molecule has 0 bridgehead atoms. The van der Waals surface area contributed by atoms with E-state index in [1.165, 1.54) is 0 Å². The smallest absolute Gasteiger partial charge is 0.214 e. The van der Waals surface area contributed by atoms with Gasteiger partial charge in [0.2, 0.25) is 10.0 Å². The molecule has 0 rings (SSSR count). The van der Waals surface area contributed by atoms with Gasteiger partial charge >= 0.3 is 0 Å². The first-order valence-corrected chi connectivity index (χ1v) is 3.82. The minimum atomic E-state index is -3.34. The molecular formula is C4H17N3O2S. The monoisotopic (exact) mass is 171 g/mol. The predicted octanol–water partition coefficient (Wildman–Crippen LogP) is 0.397. The van der Waals surface area contributed by atoms with Crippen molar-refractivity contribution in [2.45, 2.75) is 25.5 Å². The molecule has 0 saturated carbocycles. The summed E-state index contributed by atoms with van der Waals surface area (Å²) in [5, 5.41) is 4.78. The van der Waals surface area contributed by atoms with Gasteiger partial charge in [-0.2, -0.15) is 0 Å². The summed E-state index contributed by atoms with van der Waals surface area (Å²) in [5.74, 6) is 0. The van der Waals surface area contributed by atoms with E-state index in [1.54, 1.807) is 20.8 Å². The van der Waals surface area contributed by atoms with Crippen molar-refractivity contribution >= 4 is 10.0 Å². The first kappa shape index (κ1) is 16.4. The molecule has 0 aliphatic rings. The molecule has 0 atom stereocenters. The lowest BCUT2D eigenvalue weighted by Gasteiger charge is -2.13. The summed E-state index contributed by atoms with van der Waals surface area (Å²) >= 11 is 0. The van der Waals surface area contributed by atoms with Crippen LogP contribution < -0.4 is 17.4 Å². The van der Waals surface area contributed by atoms with Crippen molar-refractivity contribution in [1.82, 2.24) is 12.3 Å². The largest absolute Gasteiger partial charge is 0.344 e. The van der Waals surface area contributed by atoms with Crippen LogP contribution in [-0.2, 0) is 10.0 Å². The van der Waals surface area contributed by atoms with Gasteiger partial charge in [-0.25, -0.2) is 13.6 Å². The first-order chi connectivity index (χ1) is 3.25. The van der Waals surface area contributed by atoms with Gasteiger partial charge < -0.3 is 12.3 Å². The van der Waals surface area contributed by atoms with Gasteiger partial charge in [0, 0.05) is 0 Å². The molecule has 5 nitrogen and oxygen atoms in total. The van der Waals surface area contributed by atoms with Crippen LogP contribution in [-0.4, -0.2) is 13.2 Å². The van der Waals surface area contributed by atoms with E-state index in [0.717, 1.165) is 0 Å². The van der Waals surface area contributed by atoms with Crippen molar-refractivity contribution < 1.29 is 8.42 Å². The summed E-state index contributed by atoms with van der Waals surface area (Å²) < 4.78 is 20.0. The molecule has 0 amide bonds. The Morgan fingerprint density at radius 2 is 1.20 bits per heavy atom. The molecule has 66 valence electrons. The van der Waals surface area contributed by atoms with Crippen LogP contribution in [0, 0.1) is 0 Å². The molecule has 0 radical (unpaired) electrons. The average molecular weight is 171 g/mol. The zero-order chi connectivity index (χ0) is 7.00. The summed E-state index contributed by atoms with van der Waals surface area (Å²) in [5.41, 5.74) is 0. The minimum absolute atomic E-state index is 0. The van der Waals surface area contributed by atoms with Crippen molar-refractivity contribution in [2.24, 2.45) is 5.14 Å². The Kier molecular flexibility index (Phi) is 6.36. The molecule has 0 aromatic carbocycles. The lowest BCUT2D eigenvalue weighted by atomic mass is 10.3. The lowest BCUT2D eigenvalue weighted by Crippen LogP contribution is -2.34. The van der Waals surface area contributed by atoms with Crippen LogP contribution in [0.4, 0.5) is 0 Å². The van der Waals surface area contributed by atoms with Crippen LogP contribution >= 0.6 is 0 Å². The van der Waals surface area contributed by atoms with E-state index in [4.69, 9.17) is 5.14 Å². The third kappa shape index (κ3) is 4.68. The Bertz CT molecular complexity index is 167. The van der Waals surface area contributed by atoms with Crippen LogP contribution in [0.3, 0.4) is 0 Å². The number of hydrogen-bond acceptors (Lipinski definition) is 4. The van der Waals surface area contributed by atoms with Gasteiger partial charge in [0.1, 0.15) is 0 Å². The van der Waals surface area contributed by atoms with Crippen LogP contribution in [0.25, 0.3) is 0 Å². The Labute approximate surface area is 62.2 Å². The van der Waals surface area contributed by atoms with Gasteiger partial charge in [0.05, 0.1) is 4.75 Å². The highest BCUT2D eigenvalue weighted by atomic mass is 32.2. The molecule has 0 aromatic heterocycles. The van der Waals surface area contributed by atoms with Crippen molar-refractivity contribution in [3.8, 4) is 0 Å². The molecule has 8 N–H and O–H groups in total. The van der Waals surface area contributed by atoms with Gasteiger partial charge in [-0.1, -0.05) is 0 Å². The van der Waals surface area contributed by atoms with E-state index in [-0.39, 0.29) is 12.3 Å². The third-order valence-corrected chi connectivity index (χ3v) is 2.56. The van der Waals surface area contributed by atoms with Crippen molar-refractivity contribution in [3.63, 3.8) is 0 Å². The number of sulfonamides is 1. The molecule has 0 saturated heterocycles. The van der Waals surface area contributed by atoms with Crippen molar-refractivity contribution in [2.75, 3.05) is 0 Å². The van der Waals surface area contributed by atoms with E-state index in [9.17, 15) is 8.42 Å². The zero-order valence-corrected chi connectivity index (χ0v) is 7.53. The fourth-order valence-corrected chi connectivity index (χ4v) is 0. The van der Waals surface area contributed by atoms with Gasteiger partial charge in [-0.05, 0) is 20.8 Å². The maximum Gasteiger partial charge on any atom is 0.214 e. The van der Waals surface area contributed by atoms with Crippen LogP contribution in [0.5, 0.6) is 0 Å². The van der Waals surface area contributed by atoms with E-state index in [2.05, 4.69) is 0 Å². The highest BCUT2D eigenvalue weighted by molar-refractivity contribution is 7.90. The third-order valence-electron chi connectivity index (χ3n) is 0.854. The minimum Gasteiger partial charge on any atom is -0.344 e. The van der Waals surface area contributed by atoms with E-state index in [1.807, 2.05) is 0 Å². The number of primary sulfonamides is 1. The van der Waals surface area contributed by atoms with Gasteiger partial charge in [-0.15, -0.1) is 0 Å². The number of nitrogens with two attached hydrogens (primary N) is 1. The van der Waals surface area contributed by atoms with Gasteiger partial charge in [0.25, 0.3) is 0 Å². The normalized spacial score (nSPS) is 11.2. The highest BCUT2D eigenvalue weighted by Gasteiger charge is 2.23. The number of hydrogen-bond donors (Lipinski definition) is 3. The predicted molar refractivity (Wildman–Crippen MR) is 42.9 cm³/mol. The molecule has 10 heavy (non-hydrogen) atoms. The maximum atomic E-state index is 10.4. The van der Waals surface area contributed by atoms with E-state index < -0.39 is 14.8 Å². The molecule has 0 fully saturated rings. The molecule has 0 unspecified atom stereocenters. The van der Waals surface area contributed by atoms with Gasteiger partial charge in [0.15, 0.2) is 0 Å². The van der Waals surface area contributed by atoms with Crippen molar-refractivity contribution in [3.05, 3.63) is 0 Å². The van der Waals surface area contributed by atoms with Crippen LogP contribution in [0.2, 0.25) is 0 Å². The second kappa shape index (κ2) is 3.87. The summed E-state index contributed by atoms with van der Waals surface area (Å²) in [6, 6.07) is 0. The fourth-order valence-electron chi connectivity index (χ4n) is 0. The van der Waals surface area contributed by atoms with Crippen LogP contribution in [0.1, 0.15) is 20.8 Å². The van der Waals surface area contributed by atoms with E-state index >= 15 is 0 Å². The van der Waals surface area contributed by atoms with Crippen molar-refractivity contribution in [1.29, 1.82) is 0 Å². The zero-order valence-electron chi connectivity index (χ0n) is 6.72. The average Bonchev–Trinajstić information content (AvgIpc) is 1.25. The second-order valence-corrected chi connectivity index (χ2v) is 4.97. The Morgan fingerprint density at radius 1 is 1.10 bits per heavy atom. The topological polar surface area (TPSA) is 130 Å². The van der Waals surface area contributed by atoms with E-state index in [0.29, 0.717) is 0 Å². The van der Waals surface area contributed by atoms with Crippen LogP contribution in [0.15, 0.2) is 0 Å². The Hall–Kier alpha value is -0.170. The molecule has 6 heteroatoms. The summed E-state index contributed by atoms with van der Waals surface area (Å²) in [6.45, 7) is 4.67. The lowest BCUT2D eigenvalue weighted by molar-refractivity contribution is 0.562. The maximum absolute atomic E-state index is 10.4. The standard InChI is InChI=1S/C4H11NO2S.2H3N/c1-4(2,3)8(5,6)7;;/h1-3H3,(H2,5,6,7);2*1H3.